The van der Waals surface area contributed by atoms with Crippen molar-refractivity contribution in [1.82, 2.24) is 14.5 Å². The lowest BCUT2D eigenvalue weighted by atomic mass is 9.95. The van der Waals surface area contributed by atoms with Crippen LogP contribution in [-0.2, 0) is 6.42 Å². The fraction of sp³-hybridized carbons (Fsp3) is 0.0244. The fourth-order valence-electron chi connectivity index (χ4n) is 5.83. The summed E-state index contributed by atoms with van der Waals surface area (Å²) in [5.41, 5.74) is 8.31. The first-order valence-electron chi connectivity index (χ1n) is 14.8. The minimum absolute atomic E-state index is 0.192. The summed E-state index contributed by atoms with van der Waals surface area (Å²) in [6, 6.07) is 42.7. The maximum Gasteiger partial charge on any atom is 0.235 e. The van der Waals surface area contributed by atoms with Crippen molar-refractivity contribution in [3.8, 4) is 57.7 Å². The molecule has 0 spiro atoms. The van der Waals surface area contributed by atoms with Crippen LogP contribution in [0.3, 0.4) is 0 Å². The van der Waals surface area contributed by atoms with Crippen LogP contribution in [0.1, 0.15) is 5.56 Å². The average molecular weight is 580 g/mol. The summed E-state index contributed by atoms with van der Waals surface area (Å²) >= 11 is 0. The van der Waals surface area contributed by atoms with Crippen LogP contribution in [0.2, 0.25) is 0 Å². The predicted octanol–water partition coefficient (Wildman–Crippen LogP) is 9.57. The van der Waals surface area contributed by atoms with Crippen LogP contribution >= 0.6 is 0 Å². The highest BCUT2D eigenvalue weighted by molar-refractivity contribution is 6.11. The first kappa shape index (κ1) is 27.6. The summed E-state index contributed by atoms with van der Waals surface area (Å²) in [4.78, 5) is 10.2. The maximum atomic E-state index is 11.6. The van der Waals surface area contributed by atoms with E-state index in [0.717, 1.165) is 61.0 Å². The van der Waals surface area contributed by atoms with Gasteiger partial charge in [0.15, 0.2) is 0 Å². The second-order valence-electron chi connectivity index (χ2n) is 10.7. The van der Waals surface area contributed by atoms with Crippen molar-refractivity contribution in [3.63, 3.8) is 0 Å². The number of phenolic OH excluding ortho intramolecular Hbond substituents is 1. The van der Waals surface area contributed by atoms with Gasteiger partial charge >= 0.3 is 0 Å². The van der Waals surface area contributed by atoms with Gasteiger partial charge in [-0.05, 0) is 41.8 Å². The third-order valence-corrected chi connectivity index (χ3v) is 7.93. The number of hydrogen-bond donors (Lipinski definition) is 1. The largest absolute Gasteiger partial charge is 0.507 e. The van der Waals surface area contributed by atoms with Crippen LogP contribution in [0.15, 0.2) is 152 Å². The molecule has 7 rings (SSSR count). The van der Waals surface area contributed by atoms with E-state index in [4.69, 9.17) is 16.4 Å². The van der Waals surface area contributed by atoms with E-state index >= 15 is 0 Å². The predicted molar refractivity (Wildman–Crippen MR) is 185 cm³/mol. The zero-order valence-electron chi connectivity index (χ0n) is 24.5. The minimum atomic E-state index is 0.192. The molecule has 45 heavy (non-hydrogen) atoms. The Balaban J connectivity index is 1.44. The molecule has 1 N–H and O–H groups in total. The standard InChI is InChI=1S/C41H29N3O/c1-2-3-4-5-8-17-29-18-13-14-23-32(29)35-26-34-33-24-15-16-25-38(33)44(39(34)28-40(35)45)41-42-36(30-19-9-6-10-20-30)27-37(43-41)31-21-11-7-12-22-31/h1,3-16,18-28,45H,17H2/b4-3-,8-5-. The van der Waals surface area contributed by atoms with E-state index in [1.807, 2.05) is 84.9 Å². The van der Waals surface area contributed by atoms with E-state index in [2.05, 4.69) is 71.2 Å². The van der Waals surface area contributed by atoms with E-state index in [0.29, 0.717) is 12.4 Å². The van der Waals surface area contributed by atoms with Gasteiger partial charge in [-0.25, -0.2) is 9.97 Å². The number of aromatic nitrogens is 3. The quantitative estimate of drug-likeness (QED) is 0.151. The van der Waals surface area contributed by atoms with Crippen molar-refractivity contribution in [2.45, 2.75) is 6.42 Å². The molecule has 0 radical (unpaired) electrons. The van der Waals surface area contributed by atoms with Crippen LogP contribution in [0, 0.1) is 12.3 Å². The Bertz CT molecular complexity index is 2200. The molecule has 0 fully saturated rings. The zero-order chi connectivity index (χ0) is 30.6. The van der Waals surface area contributed by atoms with Crippen LogP contribution in [0.5, 0.6) is 5.75 Å². The zero-order valence-corrected chi connectivity index (χ0v) is 24.5. The molecule has 2 heterocycles. The van der Waals surface area contributed by atoms with Crippen molar-refractivity contribution in [1.29, 1.82) is 0 Å². The van der Waals surface area contributed by atoms with Crippen LogP contribution in [-0.4, -0.2) is 19.6 Å². The topological polar surface area (TPSA) is 50.9 Å². The molecule has 0 aliphatic heterocycles. The first-order valence-corrected chi connectivity index (χ1v) is 14.8. The maximum absolute atomic E-state index is 11.6. The van der Waals surface area contributed by atoms with Gasteiger partial charge < -0.3 is 5.11 Å². The second-order valence-corrected chi connectivity index (χ2v) is 10.7. The monoisotopic (exact) mass is 579 g/mol. The molecule has 0 atom stereocenters. The third kappa shape index (κ3) is 5.40. The van der Waals surface area contributed by atoms with Gasteiger partial charge in [-0.3, -0.25) is 4.57 Å². The van der Waals surface area contributed by atoms with Crippen molar-refractivity contribution in [3.05, 3.63) is 157 Å². The molecule has 4 nitrogen and oxygen atoms in total. The summed E-state index contributed by atoms with van der Waals surface area (Å²) < 4.78 is 2.06. The molecule has 0 bridgehead atoms. The Morgan fingerprint density at radius 2 is 1.29 bits per heavy atom. The Kier molecular flexibility index (Phi) is 7.50. The van der Waals surface area contributed by atoms with Crippen LogP contribution in [0.4, 0.5) is 0 Å². The Morgan fingerprint density at radius 1 is 0.644 bits per heavy atom. The molecule has 0 saturated carbocycles. The number of hydrogen-bond acceptors (Lipinski definition) is 3. The molecule has 5 aromatic carbocycles. The number of nitrogens with zero attached hydrogens (tertiary/aromatic N) is 3. The van der Waals surface area contributed by atoms with E-state index in [1.54, 1.807) is 6.08 Å². The highest BCUT2D eigenvalue weighted by Gasteiger charge is 2.20. The molecule has 7 aromatic rings. The lowest BCUT2D eigenvalue weighted by Crippen LogP contribution is -2.04. The number of terminal acetylenes is 1. The second kappa shape index (κ2) is 12.2. The molecule has 0 saturated heterocycles. The highest BCUT2D eigenvalue weighted by atomic mass is 16.3. The highest BCUT2D eigenvalue weighted by Crippen LogP contribution is 2.40. The SMILES string of the molecule is C#C/C=C\C=C/Cc1ccccc1-c1cc2c3ccccc3n(-c3nc(-c4ccccc4)cc(-c4ccccc4)n3)c2cc1O. The Hall–Kier alpha value is -6.18. The molecule has 4 heteroatoms. The van der Waals surface area contributed by atoms with E-state index < -0.39 is 0 Å². The van der Waals surface area contributed by atoms with Gasteiger partial charge in [0.1, 0.15) is 5.75 Å². The molecule has 214 valence electrons. The van der Waals surface area contributed by atoms with Crippen molar-refractivity contribution < 1.29 is 5.11 Å². The van der Waals surface area contributed by atoms with Gasteiger partial charge in [-0.15, -0.1) is 6.42 Å². The van der Waals surface area contributed by atoms with Crippen molar-refractivity contribution in [2.75, 3.05) is 0 Å². The van der Waals surface area contributed by atoms with Gasteiger partial charge in [0.25, 0.3) is 0 Å². The molecule has 0 unspecified atom stereocenters. The van der Waals surface area contributed by atoms with Gasteiger partial charge in [0.05, 0.1) is 22.4 Å². The number of para-hydroxylation sites is 1. The molecule has 2 aromatic heterocycles. The fourth-order valence-corrected chi connectivity index (χ4v) is 5.83. The normalized spacial score (nSPS) is 11.5. The van der Waals surface area contributed by atoms with Crippen molar-refractivity contribution in [2.24, 2.45) is 0 Å². The molecular weight excluding hydrogens is 550 g/mol. The number of phenols is 1. The lowest BCUT2D eigenvalue weighted by molar-refractivity contribution is 0.478. The van der Waals surface area contributed by atoms with Gasteiger partial charge in [0.2, 0.25) is 5.95 Å². The number of fused-ring (bicyclic) bond motifs is 3. The molecular formula is C41H29N3O. The summed E-state index contributed by atoms with van der Waals surface area (Å²) in [7, 11) is 0. The molecule has 0 aliphatic rings. The number of rotatable bonds is 7. The van der Waals surface area contributed by atoms with Gasteiger partial charge in [0, 0.05) is 33.5 Å². The number of aromatic hydroxyl groups is 1. The Labute approximate surface area is 262 Å². The number of benzene rings is 5. The van der Waals surface area contributed by atoms with Gasteiger partial charge in [-0.2, -0.15) is 0 Å². The van der Waals surface area contributed by atoms with Crippen LogP contribution < -0.4 is 0 Å². The minimum Gasteiger partial charge on any atom is -0.507 e. The summed E-state index contributed by atoms with van der Waals surface area (Å²) in [6.07, 6.45) is 13.5. The van der Waals surface area contributed by atoms with E-state index in [1.165, 1.54) is 0 Å². The summed E-state index contributed by atoms with van der Waals surface area (Å²) in [5, 5.41) is 13.7. The molecule has 0 amide bonds. The van der Waals surface area contributed by atoms with Crippen molar-refractivity contribution >= 4 is 21.8 Å². The third-order valence-electron chi connectivity index (χ3n) is 7.93. The van der Waals surface area contributed by atoms with Gasteiger partial charge in [-0.1, -0.05) is 127 Å². The van der Waals surface area contributed by atoms with E-state index in [9.17, 15) is 5.11 Å². The summed E-state index contributed by atoms with van der Waals surface area (Å²) in [6.45, 7) is 0. The Morgan fingerprint density at radius 3 is 2.00 bits per heavy atom. The lowest BCUT2D eigenvalue weighted by Gasteiger charge is -2.13. The van der Waals surface area contributed by atoms with Crippen LogP contribution in [0.25, 0.3) is 61.4 Å². The smallest absolute Gasteiger partial charge is 0.235 e. The average Bonchev–Trinajstić information content (AvgIpc) is 3.41. The van der Waals surface area contributed by atoms with E-state index in [-0.39, 0.29) is 5.75 Å². The first-order chi connectivity index (χ1) is 22.2. The summed E-state index contributed by atoms with van der Waals surface area (Å²) in [5.74, 6) is 3.24. The number of allylic oxidation sites excluding steroid dienone is 4. The molecule has 0 aliphatic carbocycles.